The summed E-state index contributed by atoms with van der Waals surface area (Å²) in [6, 6.07) is 11.0. The lowest BCUT2D eigenvalue weighted by molar-refractivity contribution is -0.137. The van der Waals surface area contributed by atoms with Gasteiger partial charge in [0.25, 0.3) is 0 Å². The second-order valence-electron chi connectivity index (χ2n) is 10.1. The van der Waals surface area contributed by atoms with Gasteiger partial charge in [0.15, 0.2) is 5.82 Å². The van der Waals surface area contributed by atoms with Crippen molar-refractivity contribution in [2.45, 2.75) is 51.7 Å². The Balaban J connectivity index is 1.44. The highest BCUT2D eigenvalue weighted by Crippen LogP contribution is 2.36. The lowest BCUT2D eigenvalue weighted by atomic mass is 10.0. The van der Waals surface area contributed by atoms with E-state index in [0.29, 0.717) is 55.9 Å². The Morgan fingerprint density at radius 2 is 1.62 bits per heavy atom. The maximum atomic E-state index is 13.5. The zero-order valence-corrected chi connectivity index (χ0v) is 21.4. The number of anilines is 3. The summed E-state index contributed by atoms with van der Waals surface area (Å²) in [5.41, 5.74) is 1.44. The van der Waals surface area contributed by atoms with Gasteiger partial charge in [0.2, 0.25) is 11.9 Å². The van der Waals surface area contributed by atoms with Crippen LogP contribution in [0.25, 0.3) is 11.4 Å². The summed E-state index contributed by atoms with van der Waals surface area (Å²) in [6.07, 6.45) is -0.867. The Morgan fingerprint density at radius 1 is 0.892 bits per heavy atom. The molecule has 2 aromatic heterocycles. The number of aromatic nitrogens is 4. The van der Waals surface area contributed by atoms with Crippen molar-refractivity contribution in [3.63, 3.8) is 0 Å². The second-order valence-corrected chi connectivity index (χ2v) is 10.1. The molecule has 0 radical (unpaired) electrons. The minimum Gasteiger partial charge on any atom is -0.353 e. The Kier molecular flexibility index (Phi) is 6.92. The molecule has 1 unspecified atom stereocenters. The third-order valence-corrected chi connectivity index (χ3v) is 7.19. The van der Waals surface area contributed by atoms with Crippen LogP contribution in [-0.4, -0.2) is 58.7 Å². The van der Waals surface area contributed by atoms with Gasteiger partial charge in [0, 0.05) is 50.5 Å². The number of hydrogen-bond acceptors (Lipinski definition) is 7. The van der Waals surface area contributed by atoms with Crippen molar-refractivity contribution >= 4 is 17.7 Å². The van der Waals surface area contributed by atoms with Crippen molar-refractivity contribution in [3.05, 3.63) is 53.7 Å². The summed E-state index contributed by atoms with van der Waals surface area (Å²) in [4.78, 5) is 24.6. The molecule has 2 saturated heterocycles. The average molecular weight is 512 g/mol. The highest BCUT2D eigenvalue weighted by molar-refractivity contribution is 5.60. The second kappa shape index (κ2) is 10.1. The molecule has 10 heteroatoms. The molecule has 5 rings (SSSR count). The van der Waals surface area contributed by atoms with Gasteiger partial charge in [-0.3, -0.25) is 0 Å². The molecular weight excluding hydrogens is 479 g/mol. The number of rotatable bonds is 5. The first-order chi connectivity index (χ1) is 17.7. The van der Waals surface area contributed by atoms with E-state index in [1.165, 1.54) is 17.8 Å². The van der Waals surface area contributed by atoms with Crippen molar-refractivity contribution in [1.29, 1.82) is 0 Å². The maximum absolute atomic E-state index is 13.5. The molecule has 7 nitrogen and oxygen atoms in total. The van der Waals surface area contributed by atoms with Crippen LogP contribution >= 0.6 is 0 Å². The molecule has 2 aliphatic heterocycles. The number of hydrogen-bond donors (Lipinski definition) is 0. The van der Waals surface area contributed by atoms with E-state index in [2.05, 4.69) is 42.8 Å². The number of pyridine rings is 1. The van der Waals surface area contributed by atoms with E-state index in [4.69, 9.17) is 15.0 Å². The van der Waals surface area contributed by atoms with Crippen LogP contribution in [-0.2, 0) is 6.18 Å². The van der Waals surface area contributed by atoms with Gasteiger partial charge < -0.3 is 14.7 Å². The lowest BCUT2D eigenvalue weighted by Gasteiger charge is -2.36. The van der Waals surface area contributed by atoms with Gasteiger partial charge in [-0.25, -0.2) is 4.98 Å². The highest BCUT2D eigenvalue weighted by Gasteiger charge is 2.36. The lowest BCUT2D eigenvalue weighted by Crippen LogP contribution is -2.48. The fourth-order valence-corrected chi connectivity index (χ4v) is 5.01. The van der Waals surface area contributed by atoms with Crippen molar-refractivity contribution < 1.29 is 13.2 Å². The van der Waals surface area contributed by atoms with Crippen molar-refractivity contribution in [1.82, 2.24) is 19.9 Å². The summed E-state index contributed by atoms with van der Waals surface area (Å²) >= 11 is 0. The minimum absolute atomic E-state index is 0.0249. The van der Waals surface area contributed by atoms with Crippen LogP contribution in [0.1, 0.15) is 50.7 Å². The van der Waals surface area contributed by atoms with E-state index in [1.807, 2.05) is 17.0 Å². The molecule has 2 fully saturated rings. The summed E-state index contributed by atoms with van der Waals surface area (Å²) < 4.78 is 40.6. The Morgan fingerprint density at radius 3 is 2.30 bits per heavy atom. The summed E-state index contributed by atoms with van der Waals surface area (Å²) in [5, 5.41) is 0. The van der Waals surface area contributed by atoms with Crippen LogP contribution in [0.2, 0.25) is 0 Å². The maximum Gasteiger partial charge on any atom is 0.419 e. The van der Waals surface area contributed by atoms with Crippen LogP contribution in [0.15, 0.2) is 42.6 Å². The van der Waals surface area contributed by atoms with E-state index in [-0.39, 0.29) is 5.82 Å². The summed E-state index contributed by atoms with van der Waals surface area (Å²) in [6.45, 7) is 9.12. The van der Waals surface area contributed by atoms with Crippen molar-refractivity contribution in [2.24, 2.45) is 0 Å². The van der Waals surface area contributed by atoms with Crippen molar-refractivity contribution in [2.75, 3.05) is 47.4 Å². The molecule has 0 amide bonds. The third kappa shape index (κ3) is 5.33. The van der Waals surface area contributed by atoms with E-state index < -0.39 is 11.7 Å². The molecule has 196 valence electrons. The van der Waals surface area contributed by atoms with Gasteiger partial charge in [-0.1, -0.05) is 32.0 Å². The zero-order valence-electron chi connectivity index (χ0n) is 21.4. The van der Waals surface area contributed by atoms with E-state index in [1.54, 1.807) is 4.90 Å². The van der Waals surface area contributed by atoms with E-state index >= 15 is 0 Å². The average Bonchev–Trinajstić information content (AvgIpc) is 3.34. The predicted molar refractivity (Wildman–Crippen MR) is 139 cm³/mol. The van der Waals surface area contributed by atoms with Gasteiger partial charge in [-0.2, -0.15) is 28.1 Å². The number of piperazine rings is 1. The number of nitrogens with zero attached hydrogens (tertiary/aromatic N) is 7. The van der Waals surface area contributed by atoms with Crippen LogP contribution in [0.5, 0.6) is 0 Å². The largest absolute Gasteiger partial charge is 0.419 e. The monoisotopic (exact) mass is 511 g/mol. The van der Waals surface area contributed by atoms with Crippen LogP contribution in [0, 0.1) is 0 Å². The minimum atomic E-state index is -4.45. The molecule has 1 aromatic carbocycles. The van der Waals surface area contributed by atoms with E-state index in [0.717, 1.165) is 31.0 Å². The number of benzene rings is 1. The Hall–Kier alpha value is -3.43. The standard InChI is InChI=1S/C27H32F3N7/c1-18(2)20-8-4-9-21(17-20)23-32-25(34-26(33-23)37-12-6-7-19(37)3)36-15-13-35(14-16-36)24-22(27(28,29)30)10-5-11-31-24/h4-5,8-11,17-19H,6-7,12-16H2,1-3H3. The number of halogens is 3. The topological polar surface area (TPSA) is 61.3 Å². The zero-order chi connectivity index (χ0) is 26.2. The van der Waals surface area contributed by atoms with Gasteiger partial charge in [-0.15, -0.1) is 0 Å². The molecular formula is C27H32F3N7. The molecule has 0 saturated carbocycles. The van der Waals surface area contributed by atoms with Crippen LogP contribution in [0.4, 0.5) is 30.9 Å². The summed E-state index contributed by atoms with van der Waals surface area (Å²) in [7, 11) is 0. The van der Waals surface area contributed by atoms with Gasteiger partial charge >= 0.3 is 6.18 Å². The fourth-order valence-electron chi connectivity index (χ4n) is 5.01. The van der Waals surface area contributed by atoms with E-state index in [9.17, 15) is 13.2 Å². The molecule has 0 aliphatic carbocycles. The smallest absolute Gasteiger partial charge is 0.353 e. The summed E-state index contributed by atoms with van der Waals surface area (Å²) in [5.74, 6) is 2.19. The molecule has 1 atom stereocenters. The molecule has 0 N–H and O–H groups in total. The van der Waals surface area contributed by atoms with Crippen LogP contribution in [0.3, 0.4) is 0 Å². The first-order valence-corrected chi connectivity index (χ1v) is 12.9. The fraction of sp³-hybridized carbons (Fsp3) is 0.481. The van der Waals surface area contributed by atoms with Gasteiger partial charge in [0.05, 0.1) is 5.56 Å². The Labute approximate surface area is 215 Å². The SMILES string of the molecule is CC(C)c1cccc(-c2nc(N3CCN(c4ncccc4C(F)(F)F)CC3)nc(N3CCCC3C)n2)c1. The highest BCUT2D eigenvalue weighted by atomic mass is 19.4. The first-order valence-electron chi connectivity index (χ1n) is 12.9. The van der Waals surface area contributed by atoms with Crippen LogP contribution < -0.4 is 14.7 Å². The quantitative estimate of drug-likeness (QED) is 0.455. The van der Waals surface area contributed by atoms with Gasteiger partial charge in [-0.05, 0) is 49.4 Å². The Bertz CT molecular complexity index is 1240. The molecule has 0 bridgehead atoms. The molecule has 4 heterocycles. The van der Waals surface area contributed by atoms with Gasteiger partial charge in [0.1, 0.15) is 5.82 Å². The number of alkyl halides is 3. The molecule has 2 aliphatic rings. The molecule has 37 heavy (non-hydrogen) atoms. The third-order valence-electron chi connectivity index (χ3n) is 7.19. The predicted octanol–water partition coefficient (Wildman–Crippen LogP) is 5.39. The molecule has 0 spiro atoms. The molecule has 3 aromatic rings. The van der Waals surface area contributed by atoms with Crippen molar-refractivity contribution in [3.8, 4) is 11.4 Å². The normalized spacial score (nSPS) is 18.7. The first kappa shape index (κ1) is 25.2.